The number of rotatable bonds is 6. The molecule has 0 aliphatic carbocycles. The van der Waals surface area contributed by atoms with E-state index in [1.807, 2.05) is 0 Å². The van der Waals surface area contributed by atoms with Crippen molar-refractivity contribution in [3.63, 3.8) is 0 Å². The van der Waals surface area contributed by atoms with Gasteiger partial charge in [0.15, 0.2) is 0 Å². The summed E-state index contributed by atoms with van der Waals surface area (Å²) in [5.41, 5.74) is -2.73. The zero-order valence-corrected chi connectivity index (χ0v) is 8.77. The quantitative estimate of drug-likeness (QED) is 0.233. The van der Waals surface area contributed by atoms with Gasteiger partial charge in [0.25, 0.3) is 10.1 Å². The molecule has 0 aromatic carbocycles. The van der Waals surface area contributed by atoms with Gasteiger partial charge in [-0.1, -0.05) is 0 Å². The molecule has 0 amide bonds. The summed E-state index contributed by atoms with van der Waals surface area (Å²) in [6.45, 7) is -0.951. The maximum atomic E-state index is 10.4. The van der Waals surface area contributed by atoms with Crippen molar-refractivity contribution in [3.05, 3.63) is 0 Å². The zero-order valence-electron chi connectivity index (χ0n) is 7.95. The van der Waals surface area contributed by atoms with Gasteiger partial charge in [-0.05, 0) is 0 Å². The Morgan fingerprint density at radius 2 is 1.31 bits per heavy atom. The van der Waals surface area contributed by atoms with Gasteiger partial charge >= 0.3 is 0 Å². The summed E-state index contributed by atoms with van der Waals surface area (Å²) in [5, 5.41) is 53.3. The van der Waals surface area contributed by atoms with E-state index in [9.17, 15) is 8.42 Å². The fourth-order valence-corrected chi connectivity index (χ4v) is 1.40. The highest BCUT2D eigenvalue weighted by Gasteiger charge is 2.39. The lowest BCUT2D eigenvalue weighted by Crippen LogP contribution is -2.51. The average Bonchev–Trinajstić information content (AvgIpc) is 2.22. The van der Waals surface area contributed by atoms with Crippen molar-refractivity contribution in [2.75, 3.05) is 6.61 Å². The molecule has 5 atom stereocenters. The molecule has 0 radical (unpaired) electrons. The summed E-state index contributed by atoms with van der Waals surface area (Å²) >= 11 is 0. The maximum Gasteiger partial charge on any atom is 0.294 e. The Bertz CT molecular complexity index is 301. The zero-order chi connectivity index (χ0) is 13.1. The Hall–Kier alpha value is -0.330. The SMILES string of the molecule is O=S(=O)(O)C(O)C(O)C(O)C(O)C(O)CO. The van der Waals surface area contributed by atoms with Crippen molar-refractivity contribution in [3.8, 4) is 0 Å². The minimum absolute atomic E-state index is 0.951. The first-order chi connectivity index (χ1) is 7.12. The molecule has 0 fully saturated rings. The number of aliphatic hydroxyl groups is 6. The van der Waals surface area contributed by atoms with Gasteiger partial charge in [0, 0.05) is 0 Å². The lowest BCUT2D eigenvalue weighted by Gasteiger charge is -2.27. The Kier molecular flexibility index (Phi) is 5.72. The molecule has 7 N–H and O–H groups in total. The van der Waals surface area contributed by atoms with E-state index < -0.39 is 46.6 Å². The molecule has 0 aromatic heterocycles. The molecular formula is C6H14O9S. The van der Waals surface area contributed by atoms with Gasteiger partial charge in [-0.3, -0.25) is 4.55 Å². The number of hydrogen-bond acceptors (Lipinski definition) is 8. The smallest absolute Gasteiger partial charge is 0.294 e. The summed E-state index contributed by atoms with van der Waals surface area (Å²) in [6, 6.07) is 0. The highest BCUT2D eigenvalue weighted by molar-refractivity contribution is 7.86. The topological polar surface area (TPSA) is 176 Å². The van der Waals surface area contributed by atoms with Crippen LogP contribution in [-0.4, -0.2) is 80.1 Å². The lowest BCUT2D eigenvalue weighted by atomic mass is 10.0. The fraction of sp³-hybridized carbons (Fsp3) is 1.00. The van der Waals surface area contributed by atoms with Crippen LogP contribution in [0.5, 0.6) is 0 Å². The monoisotopic (exact) mass is 262 g/mol. The van der Waals surface area contributed by atoms with Gasteiger partial charge in [0.1, 0.15) is 24.4 Å². The second-order valence-corrected chi connectivity index (χ2v) is 4.64. The second-order valence-electron chi connectivity index (χ2n) is 3.13. The molecule has 0 aromatic rings. The van der Waals surface area contributed by atoms with E-state index >= 15 is 0 Å². The highest BCUT2D eigenvalue weighted by Crippen LogP contribution is 2.11. The van der Waals surface area contributed by atoms with Crippen molar-refractivity contribution in [1.82, 2.24) is 0 Å². The van der Waals surface area contributed by atoms with Crippen molar-refractivity contribution in [2.45, 2.75) is 29.9 Å². The predicted octanol–water partition coefficient (Wildman–Crippen LogP) is -4.37. The van der Waals surface area contributed by atoms with Crippen LogP contribution in [0.1, 0.15) is 0 Å². The van der Waals surface area contributed by atoms with E-state index in [0.29, 0.717) is 0 Å². The Labute approximate surface area is 91.0 Å². The van der Waals surface area contributed by atoms with Crippen LogP contribution in [0.3, 0.4) is 0 Å². The third-order valence-electron chi connectivity index (χ3n) is 1.88. The average molecular weight is 262 g/mol. The van der Waals surface area contributed by atoms with Crippen molar-refractivity contribution < 1.29 is 43.6 Å². The molecule has 9 nitrogen and oxygen atoms in total. The Morgan fingerprint density at radius 1 is 0.875 bits per heavy atom. The molecule has 5 unspecified atom stereocenters. The molecule has 0 rings (SSSR count). The first-order valence-electron chi connectivity index (χ1n) is 4.10. The molecule has 16 heavy (non-hydrogen) atoms. The molecule has 98 valence electrons. The molecule has 0 spiro atoms. The molecule has 0 heterocycles. The molecule has 0 aliphatic rings. The van der Waals surface area contributed by atoms with Gasteiger partial charge < -0.3 is 30.6 Å². The van der Waals surface area contributed by atoms with E-state index in [1.165, 1.54) is 0 Å². The summed E-state index contributed by atoms with van der Waals surface area (Å²) < 4.78 is 29.1. The van der Waals surface area contributed by atoms with Gasteiger partial charge in [-0.15, -0.1) is 0 Å². The summed E-state index contributed by atoms with van der Waals surface area (Å²) in [5.74, 6) is 0. The lowest BCUT2D eigenvalue weighted by molar-refractivity contribution is -0.129. The van der Waals surface area contributed by atoms with E-state index in [1.54, 1.807) is 0 Å². The maximum absolute atomic E-state index is 10.4. The molecule has 0 saturated carbocycles. The molecule has 0 bridgehead atoms. The summed E-state index contributed by atoms with van der Waals surface area (Å²) in [4.78, 5) is 0. The predicted molar refractivity (Wildman–Crippen MR) is 48.7 cm³/mol. The van der Waals surface area contributed by atoms with Crippen molar-refractivity contribution in [2.24, 2.45) is 0 Å². The first-order valence-corrected chi connectivity index (χ1v) is 5.60. The van der Waals surface area contributed by atoms with E-state index in [4.69, 9.17) is 35.2 Å². The van der Waals surface area contributed by atoms with Gasteiger partial charge in [0.2, 0.25) is 5.44 Å². The number of aliphatic hydroxyl groups excluding tert-OH is 6. The molecule has 10 heteroatoms. The standard InChI is InChI=1S/C6H14O9S/c7-1-2(8)3(9)4(10)5(11)6(12)16(13,14)15/h2-12H,1H2,(H,13,14,15). The van der Waals surface area contributed by atoms with E-state index in [0.717, 1.165) is 0 Å². The largest absolute Gasteiger partial charge is 0.394 e. The molecule has 0 aliphatic heterocycles. The van der Waals surface area contributed by atoms with E-state index in [2.05, 4.69) is 0 Å². The van der Waals surface area contributed by atoms with E-state index in [-0.39, 0.29) is 0 Å². The van der Waals surface area contributed by atoms with Gasteiger partial charge in [-0.2, -0.15) is 8.42 Å². The number of hydrogen-bond donors (Lipinski definition) is 7. The first kappa shape index (κ1) is 15.7. The van der Waals surface area contributed by atoms with Gasteiger partial charge in [0.05, 0.1) is 6.61 Å². The van der Waals surface area contributed by atoms with Crippen LogP contribution >= 0.6 is 0 Å². The van der Waals surface area contributed by atoms with Crippen LogP contribution < -0.4 is 0 Å². The highest BCUT2D eigenvalue weighted by atomic mass is 32.2. The van der Waals surface area contributed by atoms with Gasteiger partial charge in [-0.25, -0.2) is 0 Å². The van der Waals surface area contributed by atoms with Crippen LogP contribution in [0.25, 0.3) is 0 Å². The van der Waals surface area contributed by atoms with Crippen LogP contribution in [-0.2, 0) is 10.1 Å². The summed E-state index contributed by atoms with van der Waals surface area (Å²) in [7, 11) is -5.02. The second kappa shape index (κ2) is 5.84. The minimum atomic E-state index is -5.02. The Balaban J connectivity index is 4.67. The third-order valence-corrected chi connectivity index (χ3v) is 2.77. The third kappa shape index (κ3) is 3.92. The molecular weight excluding hydrogens is 248 g/mol. The van der Waals surface area contributed by atoms with Crippen LogP contribution in [0, 0.1) is 0 Å². The van der Waals surface area contributed by atoms with Crippen LogP contribution in [0.15, 0.2) is 0 Å². The van der Waals surface area contributed by atoms with Crippen molar-refractivity contribution in [1.29, 1.82) is 0 Å². The van der Waals surface area contributed by atoms with Crippen molar-refractivity contribution >= 4 is 10.1 Å². The normalized spacial score (nSPS) is 22.2. The summed E-state index contributed by atoms with van der Waals surface area (Å²) in [6.07, 6.45) is -8.63. The van der Waals surface area contributed by atoms with Crippen LogP contribution in [0.4, 0.5) is 0 Å². The Morgan fingerprint density at radius 3 is 1.62 bits per heavy atom. The van der Waals surface area contributed by atoms with Crippen LogP contribution in [0.2, 0.25) is 0 Å². The fourth-order valence-electron chi connectivity index (χ4n) is 0.882. The minimum Gasteiger partial charge on any atom is -0.394 e. The molecule has 0 saturated heterocycles.